The third-order valence-corrected chi connectivity index (χ3v) is 8.95. The molecule has 4 nitrogen and oxygen atoms in total. The van der Waals surface area contributed by atoms with Gasteiger partial charge in [0.25, 0.3) is 0 Å². The zero-order chi connectivity index (χ0) is 27.6. The van der Waals surface area contributed by atoms with E-state index in [0.717, 1.165) is 81.7 Å². The van der Waals surface area contributed by atoms with E-state index >= 15 is 0 Å². The molecule has 0 N–H and O–H groups in total. The number of thiazole rings is 1. The molecule has 3 heterocycles. The number of para-hydroxylation sites is 3. The van der Waals surface area contributed by atoms with Crippen molar-refractivity contribution in [2.24, 2.45) is 0 Å². The Hall–Kier alpha value is -5.39. The summed E-state index contributed by atoms with van der Waals surface area (Å²) in [5.74, 6) is 0. The second kappa shape index (κ2) is 9.06. The van der Waals surface area contributed by atoms with E-state index < -0.39 is 0 Å². The molecule has 0 aliphatic rings. The molecule has 0 bridgehead atoms. The van der Waals surface area contributed by atoms with Gasteiger partial charge in [-0.2, -0.15) is 0 Å². The molecular weight excluding hydrogens is 536 g/mol. The second-order valence-electron chi connectivity index (χ2n) is 10.4. The Morgan fingerprint density at radius 3 is 2.14 bits per heavy atom. The topological polar surface area (TPSA) is 42.4 Å². The molecule has 0 unspecified atom stereocenters. The molecule has 42 heavy (non-hydrogen) atoms. The van der Waals surface area contributed by atoms with Crippen LogP contribution in [-0.4, -0.2) is 4.98 Å². The van der Waals surface area contributed by atoms with Gasteiger partial charge in [-0.05, 0) is 42.5 Å². The van der Waals surface area contributed by atoms with Crippen molar-refractivity contribution in [1.82, 2.24) is 4.98 Å². The molecule has 0 aliphatic carbocycles. The Morgan fingerprint density at radius 1 is 0.524 bits per heavy atom. The molecular formula is C37H22N2O2S. The van der Waals surface area contributed by atoms with Gasteiger partial charge in [0.2, 0.25) is 0 Å². The number of fused-ring (bicyclic) bond motifs is 7. The van der Waals surface area contributed by atoms with E-state index in [1.165, 1.54) is 0 Å². The van der Waals surface area contributed by atoms with E-state index in [1.807, 2.05) is 36.4 Å². The maximum absolute atomic E-state index is 6.49. The van der Waals surface area contributed by atoms with Gasteiger partial charge >= 0.3 is 0 Å². The summed E-state index contributed by atoms with van der Waals surface area (Å²) in [6, 6.07) is 46.0. The Kier molecular flexibility index (Phi) is 5.03. The number of benzene rings is 6. The van der Waals surface area contributed by atoms with Gasteiger partial charge in [-0.1, -0.05) is 78.9 Å². The Labute approximate surface area is 244 Å². The van der Waals surface area contributed by atoms with Crippen LogP contribution >= 0.6 is 11.3 Å². The third-order valence-electron chi connectivity index (χ3n) is 7.88. The van der Waals surface area contributed by atoms with Crippen molar-refractivity contribution in [2.75, 3.05) is 4.90 Å². The molecule has 0 spiro atoms. The van der Waals surface area contributed by atoms with Crippen LogP contribution in [0.25, 0.3) is 64.7 Å². The van der Waals surface area contributed by atoms with Gasteiger partial charge in [-0.3, -0.25) is 0 Å². The lowest BCUT2D eigenvalue weighted by Crippen LogP contribution is -2.09. The van der Waals surface area contributed by atoms with Crippen molar-refractivity contribution in [1.29, 1.82) is 0 Å². The Bertz CT molecular complexity index is 2420. The van der Waals surface area contributed by atoms with Gasteiger partial charge in [0.05, 0.1) is 21.6 Å². The minimum absolute atomic E-state index is 0.834. The molecule has 0 saturated carbocycles. The summed E-state index contributed by atoms with van der Waals surface area (Å²) in [5, 5.41) is 5.40. The SMILES string of the molecule is c1ccc(-c2nc3cc4oc5cc(N(c6ccccc6)c6cccc7c6oc6ccccc67)ccc5c4cc3s2)cc1. The highest BCUT2D eigenvalue weighted by Crippen LogP contribution is 2.44. The summed E-state index contributed by atoms with van der Waals surface area (Å²) in [6.45, 7) is 0. The molecule has 3 aromatic heterocycles. The monoisotopic (exact) mass is 558 g/mol. The number of nitrogens with zero attached hydrogens (tertiary/aromatic N) is 2. The highest BCUT2D eigenvalue weighted by atomic mass is 32.1. The molecule has 0 radical (unpaired) electrons. The largest absolute Gasteiger partial charge is 0.456 e. The maximum Gasteiger partial charge on any atom is 0.159 e. The predicted molar refractivity (Wildman–Crippen MR) is 174 cm³/mol. The van der Waals surface area contributed by atoms with E-state index in [0.29, 0.717) is 0 Å². The van der Waals surface area contributed by atoms with Crippen LogP contribution in [0.15, 0.2) is 142 Å². The van der Waals surface area contributed by atoms with E-state index in [4.69, 9.17) is 13.8 Å². The summed E-state index contributed by atoms with van der Waals surface area (Å²) in [4.78, 5) is 7.15. The number of hydrogen-bond acceptors (Lipinski definition) is 5. The van der Waals surface area contributed by atoms with Crippen molar-refractivity contribution >= 4 is 82.5 Å². The molecule has 0 fully saturated rings. The summed E-state index contributed by atoms with van der Waals surface area (Å²) < 4.78 is 14.1. The number of aromatic nitrogens is 1. The van der Waals surface area contributed by atoms with Gasteiger partial charge in [-0.25, -0.2) is 4.98 Å². The van der Waals surface area contributed by atoms with Crippen LogP contribution in [0.5, 0.6) is 0 Å². The van der Waals surface area contributed by atoms with Crippen LogP contribution in [0.4, 0.5) is 17.1 Å². The van der Waals surface area contributed by atoms with Gasteiger partial charge in [0.1, 0.15) is 21.8 Å². The zero-order valence-corrected chi connectivity index (χ0v) is 23.1. The fourth-order valence-electron chi connectivity index (χ4n) is 5.94. The van der Waals surface area contributed by atoms with Crippen LogP contribution in [-0.2, 0) is 0 Å². The number of furan rings is 2. The molecule has 9 aromatic rings. The second-order valence-corrected chi connectivity index (χ2v) is 11.4. The van der Waals surface area contributed by atoms with Gasteiger partial charge in [0, 0.05) is 44.9 Å². The van der Waals surface area contributed by atoms with Crippen LogP contribution in [0.1, 0.15) is 0 Å². The smallest absolute Gasteiger partial charge is 0.159 e. The molecule has 0 saturated heterocycles. The highest BCUT2D eigenvalue weighted by Gasteiger charge is 2.20. The molecule has 0 amide bonds. The Balaban J connectivity index is 1.22. The predicted octanol–water partition coefficient (Wildman–Crippen LogP) is 11.2. The first-order valence-electron chi connectivity index (χ1n) is 13.9. The average molecular weight is 559 g/mol. The quantitative estimate of drug-likeness (QED) is 0.215. The Morgan fingerprint density at radius 2 is 1.26 bits per heavy atom. The lowest BCUT2D eigenvalue weighted by Gasteiger charge is -2.25. The van der Waals surface area contributed by atoms with Crippen molar-refractivity contribution in [3.63, 3.8) is 0 Å². The van der Waals surface area contributed by atoms with Gasteiger partial charge < -0.3 is 13.7 Å². The van der Waals surface area contributed by atoms with Crippen molar-refractivity contribution in [3.8, 4) is 10.6 Å². The van der Waals surface area contributed by atoms with Crippen LogP contribution in [0, 0.1) is 0 Å². The number of rotatable bonds is 4. The summed E-state index contributed by atoms with van der Waals surface area (Å²) in [7, 11) is 0. The number of hydrogen-bond donors (Lipinski definition) is 0. The molecule has 0 aliphatic heterocycles. The minimum Gasteiger partial charge on any atom is -0.456 e. The van der Waals surface area contributed by atoms with Crippen molar-refractivity contribution < 1.29 is 8.83 Å². The molecule has 0 atom stereocenters. The zero-order valence-electron chi connectivity index (χ0n) is 22.3. The summed E-state index contributed by atoms with van der Waals surface area (Å²) in [5.41, 5.74) is 8.50. The van der Waals surface area contributed by atoms with Gasteiger partial charge in [0.15, 0.2) is 5.58 Å². The maximum atomic E-state index is 6.49. The first-order chi connectivity index (χ1) is 20.8. The van der Waals surface area contributed by atoms with E-state index in [2.05, 4.69) is 102 Å². The number of anilines is 3. The highest BCUT2D eigenvalue weighted by molar-refractivity contribution is 7.21. The van der Waals surface area contributed by atoms with Crippen molar-refractivity contribution in [3.05, 3.63) is 133 Å². The summed E-state index contributed by atoms with van der Waals surface area (Å²) >= 11 is 1.71. The lowest BCUT2D eigenvalue weighted by molar-refractivity contribution is 0.667. The summed E-state index contributed by atoms with van der Waals surface area (Å²) in [6.07, 6.45) is 0. The first-order valence-corrected chi connectivity index (χ1v) is 14.7. The fraction of sp³-hybridized carbons (Fsp3) is 0. The van der Waals surface area contributed by atoms with E-state index in [-0.39, 0.29) is 0 Å². The molecule has 5 heteroatoms. The standard InChI is InChI=1S/C37H22N2O2S/c1-3-10-23(11-4-1)37-38-30-22-34-29(21-35(30)42-37)27-19-18-25(20-33(27)40-34)39(24-12-5-2-6-13-24)31-16-9-15-28-26-14-7-8-17-32(26)41-36(28)31/h1-22H. The third kappa shape index (κ3) is 3.57. The van der Waals surface area contributed by atoms with Crippen LogP contribution < -0.4 is 4.90 Å². The van der Waals surface area contributed by atoms with Gasteiger partial charge in [-0.15, -0.1) is 11.3 Å². The van der Waals surface area contributed by atoms with E-state index in [1.54, 1.807) is 11.3 Å². The average Bonchev–Trinajstić information content (AvgIpc) is 3.74. The molecule has 198 valence electrons. The first kappa shape index (κ1) is 23.3. The van der Waals surface area contributed by atoms with Crippen LogP contribution in [0.2, 0.25) is 0 Å². The van der Waals surface area contributed by atoms with E-state index in [9.17, 15) is 0 Å². The van der Waals surface area contributed by atoms with Crippen molar-refractivity contribution in [2.45, 2.75) is 0 Å². The fourth-order valence-corrected chi connectivity index (χ4v) is 6.93. The van der Waals surface area contributed by atoms with Crippen LogP contribution in [0.3, 0.4) is 0 Å². The normalized spacial score (nSPS) is 11.8. The molecule has 9 rings (SSSR count). The lowest BCUT2D eigenvalue weighted by atomic mass is 10.1. The molecule has 6 aromatic carbocycles. The minimum atomic E-state index is 0.834.